The van der Waals surface area contributed by atoms with Gasteiger partial charge in [0.05, 0.1) is 5.69 Å². The number of benzene rings is 1. The fourth-order valence-electron chi connectivity index (χ4n) is 3.66. The van der Waals surface area contributed by atoms with Crippen LogP contribution in [0.2, 0.25) is 0 Å². The van der Waals surface area contributed by atoms with Gasteiger partial charge in [0, 0.05) is 19.2 Å². The van der Waals surface area contributed by atoms with E-state index in [-0.39, 0.29) is 16.6 Å². The number of ether oxygens (including phenoxy) is 1. The van der Waals surface area contributed by atoms with Crippen molar-refractivity contribution >= 4 is 33.7 Å². The first-order valence-corrected chi connectivity index (χ1v) is 12.0. The second kappa shape index (κ2) is 10.6. The number of nitrogens with one attached hydrogen (secondary N) is 1. The van der Waals surface area contributed by atoms with Gasteiger partial charge in [0.25, 0.3) is 5.91 Å². The Balaban J connectivity index is 1.62. The highest BCUT2D eigenvalue weighted by Gasteiger charge is 2.31. The van der Waals surface area contributed by atoms with Gasteiger partial charge in [-0.1, -0.05) is 31.4 Å². The average molecular weight is 461 g/mol. The predicted molar refractivity (Wildman–Crippen MR) is 120 cm³/mol. The minimum Gasteiger partial charge on any atom is -0.462 e. The second-order valence-electron chi connectivity index (χ2n) is 7.75. The Bertz CT molecular complexity index is 1080. The molecule has 1 aromatic heterocycles. The van der Waals surface area contributed by atoms with Gasteiger partial charge in [-0.05, 0) is 50.1 Å². The first kappa shape index (κ1) is 23.7. The molecule has 0 aliphatic heterocycles. The zero-order chi connectivity index (χ0) is 23.1. The van der Waals surface area contributed by atoms with Gasteiger partial charge >= 0.3 is 5.97 Å². The Labute approximate surface area is 188 Å². The zero-order valence-electron chi connectivity index (χ0n) is 18.2. The lowest BCUT2D eigenvalue weighted by molar-refractivity contribution is -0.142. The highest BCUT2D eigenvalue weighted by molar-refractivity contribution is 7.89. The molecule has 32 heavy (non-hydrogen) atoms. The van der Waals surface area contributed by atoms with Crippen LogP contribution in [0.15, 0.2) is 51.8 Å². The minimum atomic E-state index is -3.79. The van der Waals surface area contributed by atoms with Crippen molar-refractivity contribution in [2.75, 3.05) is 19.0 Å². The van der Waals surface area contributed by atoms with Crippen molar-refractivity contribution in [3.05, 3.63) is 54.0 Å². The summed E-state index contributed by atoms with van der Waals surface area (Å²) < 4.78 is 38.0. The fraction of sp³-hybridized carbons (Fsp3) is 0.391. The minimum absolute atomic E-state index is 0.0147. The molecule has 1 N–H and O–H groups in total. The normalized spacial score (nSPS) is 15.2. The second-order valence-corrected chi connectivity index (χ2v) is 9.71. The highest BCUT2D eigenvalue weighted by atomic mass is 32.2. The summed E-state index contributed by atoms with van der Waals surface area (Å²) in [4.78, 5) is 24.2. The maximum atomic E-state index is 13.2. The van der Waals surface area contributed by atoms with Crippen molar-refractivity contribution in [1.82, 2.24) is 4.31 Å². The van der Waals surface area contributed by atoms with E-state index in [4.69, 9.17) is 9.15 Å². The van der Waals surface area contributed by atoms with E-state index in [1.807, 2.05) is 0 Å². The third-order valence-corrected chi connectivity index (χ3v) is 7.37. The van der Waals surface area contributed by atoms with Gasteiger partial charge in [0.15, 0.2) is 6.61 Å². The van der Waals surface area contributed by atoms with Crippen LogP contribution in [0.1, 0.15) is 43.6 Å². The fourth-order valence-corrected chi connectivity index (χ4v) is 5.22. The maximum Gasteiger partial charge on any atom is 0.331 e. The number of carbonyl (C=O) groups is 2. The molecule has 0 spiro atoms. The lowest BCUT2D eigenvalue weighted by Gasteiger charge is -2.30. The van der Waals surface area contributed by atoms with Gasteiger partial charge in [-0.3, -0.25) is 4.79 Å². The van der Waals surface area contributed by atoms with Crippen LogP contribution in [0.4, 0.5) is 5.69 Å². The molecule has 1 aliphatic rings. The van der Waals surface area contributed by atoms with Crippen molar-refractivity contribution in [2.24, 2.45) is 0 Å². The lowest BCUT2D eigenvalue weighted by atomic mass is 9.96. The summed E-state index contributed by atoms with van der Waals surface area (Å²) in [7, 11) is -2.21. The number of hydrogen-bond donors (Lipinski definition) is 1. The van der Waals surface area contributed by atoms with Crippen LogP contribution in [-0.4, -0.2) is 44.3 Å². The quantitative estimate of drug-likeness (QED) is 0.475. The van der Waals surface area contributed by atoms with Gasteiger partial charge < -0.3 is 14.5 Å². The van der Waals surface area contributed by atoms with Crippen LogP contribution in [0.5, 0.6) is 0 Å². The number of anilines is 1. The number of rotatable bonds is 8. The molecule has 3 rings (SSSR count). The Morgan fingerprint density at radius 1 is 1.16 bits per heavy atom. The monoisotopic (exact) mass is 460 g/mol. The van der Waals surface area contributed by atoms with E-state index in [2.05, 4.69) is 5.32 Å². The van der Waals surface area contributed by atoms with Crippen LogP contribution >= 0.6 is 0 Å². The van der Waals surface area contributed by atoms with Crippen molar-refractivity contribution in [3.63, 3.8) is 0 Å². The summed E-state index contributed by atoms with van der Waals surface area (Å²) in [6.45, 7) is 1.23. The van der Waals surface area contributed by atoms with Crippen molar-refractivity contribution in [1.29, 1.82) is 0 Å². The maximum absolute atomic E-state index is 13.2. The summed E-state index contributed by atoms with van der Waals surface area (Å²) in [5, 5.41) is 2.54. The number of amides is 1. The molecular weight excluding hydrogens is 432 g/mol. The van der Waals surface area contributed by atoms with E-state index in [9.17, 15) is 18.0 Å². The van der Waals surface area contributed by atoms with Crippen molar-refractivity contribution in [3.8, 4) is 0 Å². The third-order valence-electron chi connectivity index (χ3n) is 5.40. The standard InChI is InChI=1S/C23H28N2O6S/c1-17-12-13-19(31-17)14-15-23(27)30-16-22(26)24-20-10-6-7-11-21(20)32(28,29)25(2)18-8-4-3-5-9-18/h6-7,10-15,18H,3-5,8-9,16H2,1-2H3,(H,24,26)/b15-14+. The molecule has 0 radical (unpaired) electrons. The molecule has 1 fully saturated rings. The number of furan rings is 1. The smallest absolute Gasteiger partial charge is 0.331 e. The lowest BCUT2D eigenvalue weighted by Crippen LogP contribution is -2.38. The number of aryl methyl sites for hydroxylation is 1. The number of sulfonamides is 1. The molecule has 1 heterocycles. The van der Waals surface area contributed by atoms with Crippen LogP contribution in [0.3, 0.4) is 0 Å². The van der Waals surface area contributed by atoms with E-state index < -0.39 is 28.5 Å². The van der Waals surface area contributed by atoms with E-state index >= 15 is 0 Å². The molecule has 9 heteroatoms. The molecule has 2 aromatic rings. The largest absolute Gasteiger partial charge is 0.462 e. The zero-order valence-corrected chi connectivity index (χ0v) is 19.1. The summed E-state index contributed by atoms with van der Waals surface area (Å²) in [6, 6.07) is 9.63. The molecule has 0 unspecified atom stereocenters. The summed E-state index contributed by atoms with van der Waals surface area (Å²) in [5.74, 6) is -0.152. The first-order chi connectivity index (χ1) is 15.3. The van der Waals surface area contributed by atoms with Crippen molar-refractivity contribution < 1.29 is 27.2 Å². The van der Waals surface area contributed by atoms with Crippen LogP contribution in [0.25, 0.3) is 6.08 Å². The van der Waals surface area contributed by atoms with Crippen LogP contribution in [-0.2, 0) is 24.3 Å². The molecule has 1 saturated carbocycles. The topological polar surface area (TPSA) is 106 Å². The number of carbonyl (C=O) groups excluding carboxylic acids is 2. The molecule has 0 saturated heterocycles. The number of hydrogen-bond acceptors (Lipinski definition) is 6. The van der Waals surface area contributed by atoms with E-state index in [0.717, 1.165) is 38.2 Å². The van der Waals surface area contributed by atoms with Gasteiger partial charge in [0.1, 0.15) is 16.4 Å². The van der Waals surface area contributed by atoms with Crippen molar-refractivity contribution in [2.45, 2.75) is 50.0 Å². The molecule has 172 valence electrons. The molecule has 1 aliphatic carbocycles. The Hall–Kier alpha value is -2.91. The molecular formula is C23H28N2O6S. The van der Waals surface area contributed by atoms with Gasteiger partial charge in [0.2, 0.25) is 10.0 Å². The molecule has 0 bridgehead atoms. The number of esters is 1. The van der Waals surface area contributed by atoms with E-state index in [1.165, 1.54) is 22.5 Å². The van der Waals surface area contributed by atoms with Crippen LogP contribution < -0.4 is 5.32 Å². The molecule has 0 atom stereocenters. The summed E-state index contributed by atoms with van der Waals surface area (Å²) in [5.41, 5.74) is 0.151. The predicted octanol–water partition coefficient (Wildman–Crippen LogP) is 3.74. The molecule has 1 amide bonds. The van der Waals surface area contributed by atoms with Gasteiger partial charge in [-0.25, -0.2) is 13.2 Å². The Morgan fingerprint density at radius 2 is 1.88 bits per heavy atom. The van der Waals surface area contributed by atoms with Gasteiger partial charge in [-0.2, -0.15) is 4.31 Å². The number of para-hydroxylation sites is 1. The third kappa shape index (κ3) is 6.08. The SMILES string of the molecule is Cc1ccc(/C=C/C(=O)OCC(=O)Nc2ccccc2S(=O)(=O)N(C)C2CCCCC2)o1. The Morgan fingerprint density at radius 3 is 2.56 bits per heavy atom. The first-order valence-electron chi connectivity index (χ1n) is 10.6. The van der Waals surface area contributed by atoms with E-state index in [0.29, 0.717) is 11.5 Å². The summed E-state index contributed by atoms with van der Waals surface area (Å²) >= 11 is 0. The average Bonchev–Trinajstić information content (AvgIpc) is 3.21. The highest BCUT2D eigenvalue weighted by Crippen LogP contribution is 2.29. The van der Waals surface area contributed by atoms with Gasteiger partial charge in [-0.15, -0.1) is 0 Å². The molecule has 1 aromatic carbocycles. The van der Waals surface area contributed by atoms with Crippen LogP contribution in [0, 0.1) is 6.92 Å². The summed E-state index contributed by atoms with van der Waals surface area (Å²) in [6.07, 6.45) is 7.37. The molecule has 8 nitrogen and oxygen atoms in total. The number of nitrogens with zero attached hydrogens (tertiary/aromatic N) is 1. The Kier molecular flexibility index (Phi) is 7.87. The van der Waals surface area contributed by atoms with E-state index in [1.54, 1.807) is 38.2 Å².